The van der Waals surface area contributed by atoms with E-state index in [9.17, 15) is 9.90 Å². The molecule has 2 N–H and O–H groups in total. The fourth-order valence-corrected chi connectivity index (χ4v) is 3.11. The summed E-state index contributed by atoms with van der Waals surface area (Å²) in [5, 5.41) is 14.0. The second kappa shape index (κ2) is 6.03. The number of carbonyl (C=O) groups excluding carboxylic acids is 1. The zero-order valence-corrected chi connectivity index (χ0v) is 12.0. The molecule has 106 valence electrons. The van der Waals surface area contributed by atoms with E-state index in [-0.39, 0.29) is 12.5 Å². The van der Waals surface area contributed by atoms with Crippen LogP contribution in [0.3, 0.4) is 0 Å². The molecule has 1 amide bonds. The van der Waals surface area contributed by atoms with Crippen LogP contribution < -0.4 is 5.32 Å². The van der Waals surface area contributed by atoms with Gasteiger partial charge in [0.25, 0.3) is 5.91 Å². The van der Waals surface area contributed by atoms with Gasteiger partial charge in [-0.3, -0.25) is 9.78 Å². The van der Waals surface area contributed by atoms with Crippen LogP contribution in [0, 0.1) is 0 Å². The van der Waals surface area contributed by atoms with Gasteiger partial charge in [-0.25, -0.2) is 0 Å². The molecule has 1 aromatic carbocycles. The van der Waals surface area contributed by atoms with Crippen molar-refractivity contribution in [3.05, 3.63) is 65.3 Å². The molecular weight excluding hydrogens is 284 g/mol. The van der Waals surface area contributed by atoms with E-state index in [0.717, 1.165) is 15.0 Å². The highest BCUT2D eigenvalue weighted by Gasteiger charge is 2.13. The minimum Gasteiger partial charge on any atom is -0.386 e. The molecule has 0 aliphatic rings. The Balaban J connectivity index is 1.66. The maximum absolute atomic E-state index is 11.9. The highest BCUT2D eigenvalue weighted by Crippen LogP contribution is 2.29. The summed E-state index contributed by atoms with van der Waals surface area (Å²) < 4.78 is 1.13. The number of carbonyl (C=O) groups is 1. The fourth-order valence-electron chi connectivity index (χ4n) is 2.06. The molecule has 2 heterocycles. The number of aliphatic hydroxyl groups excluding tert-OH is 1. The molecule has 5 heteroatoms. The summed E-state index contributed by atoms with van der Waals surface area (Å²) in [6, 6.07) is 13.3. The molecule has 0 spiro atoms. The Hall–Kier alpha value is -2.24. The first kappa shape index (κ1) is 13.7. The first-order valence-corrected chi connectivity index (χ1v) is 7.40. The number of thiophene rings is 1. The van der Waals surface area contributed by atoms with Gasteiger partial charge in [0.2, 0.25) is 0 Å². The SMILES string of the molecule is O=C(NCC(O)c1cc2ccccc2s1)c1cccnc1. The molecule has 0 fully saturated rings. The van der Waals surface area contributed by atoms with E-state index in [2.05, 4.69) is 10.3 Å². The number of aliphatic hydroxyl groups is 1. The Bertz CT molecular complexity index is 722. The van der Waals surface area contributed by atoms with Crippen LogP contribution in [0.2, 0.25) is 0 Å². The van der Waals surface area contributed by atoms with Gasteiger partial charge in [0.1, 0.15) is 6.10 Å². The number of amides is 1. The van der Waals surface area contributed by atoms with E-state index in [1.165, 1.54) is 17.5 Å². The molecule has 0 saturated heterocycles. The lowest BCUT2D eigenvalue weighted by atomic mass is 10.2. The maximum atomic E-state index is 11.9. The molecule has 4 nitrogen and oxygen atoms in total. The topological polar surface area (TPSA) is 62.2 Å². The average Bonchev–Trinajstić information content (AvgIpc) is 2.97. The van der Waals surface area contributed by atoms with Crippen LogP contribution in [0.25, 0.3) is 10.1 Å². The van der Waals surface area contributed by atoms with E-state index in [1.807, 2.05) is 30.3 Å². The van der Waals surface area contributed by atoms with Crippen LogP contribution in [0.5, 0.6) is 0 Å². The van der Waals surface area contributed by atoms with Crippen molar-refractivity contribution in [3.8, 4) is 0 Å². The Kier molecular flexibility index (Phi) is 3.94. The third-order valence-electron chi connectivity index (χ3n) is 3.15. The van der Waals surface area contributed by atoms with Gasteiger partial charge in [-0.15, -0.1) is 11.3 Å². The molecule has 2 aromatic heterocycles. The maximum Gasteiger partial charge on any atom is 0.252 e. The van der Waals surface area contributed by atoms with Crippen molar-refractivity contribution in [2.24, 2.45) is 0 Å². The monoisotopic (exact) mass is 298 g/mol. The molecular formula is C16H14N2O2S. The van der Waals surface area contributed by atoms with E-state index in [4.69, 9.17) is 0 Å². The zero-order chi connectivity index (χ0) is 14.7. The normalized spacial score (nSPS) is 12.2. The lowest BCUT2D eigenvalue weighted by Crippen LogP contribution is -2.28. The van der Waals surface area contributed by atoms with Crippen molar-refractivity contribution in [1.29, 1.82) is 0 Å². The number of aromatic nitrogens is 1. The first-order valence-electron chi connectivity index (χ1n) is 6.59. The smallest absolute Gasteiger partial charge is 0.252 e. The third kappa shape index (κ3) is 3.09. The van der Waals surface area contributed by atoms with Crippen LogP contribution in [0.15, 0.2) is 54.9 Å². The van der Waals surface area contributed by atoms with Crippen molar-refractivity contribution in [3.63, 3.8) is 0 Å². The fraction of sp³-hybridized carbons (Fsp3) is 0.125. The van der Waals surface area contributed by atoms with Crippen LogP contribution in [0.4, 0.5) is 0 Å². The molecule has 0 bridgehead atoms. The van der Waals surface area contributed by atoms with Crippen molar-refractivity contribution in [1.82, 2.24) is 10.3 Å². The standard InChI is InChI=1S/C16H14N2O2S/c19-13(10-18-16(20)12-5-3-7-17-9-12)15-8-11-4-1-2-6-14(11)21-15/h1-9,13,19H,10H2,(H,18,20). The molecule has 0 aliphatic carbocycles. The molecule has 0 saturated carbocycles. The van der Waals surface area contributed by atoms with E-state index in [0.29, 0.717) is 5.56 Å². The summed E-state index contributed by atoms with van der Waals surface area (Å²) in [7, 11) is 0. The average molecular weight is 298 g/mol. The van der Waals surface area contributed by atoms with E-state index < -0.39 is 6.10 Å². The van der Waals surface area contributed by atoms with Gasteiger partial charge in [0.15, 0.2) is 0 Å². The lowest BCUT2D eigenvalue weighted by molar-refractivity contribution is 0.0917. The summed E-state index contributed by atoms with van der Waals surface area (Å²) in [5.41, 5.74) is 0.487. The van der Waals surface area contributed by atoms with Gasteiger partial charge >= 0.3 is 0 Å². The minimum absolute atomic E-state index is 0.181. The predicted octanol–water partition coefficient (Wildman–Crippen LogP) is 2.76. The number of benzene rings is 1. The second-order valence-corrected chi connectivity index (χ2v) is 5.77. The number of pyridine rings is 1. The number of hydrogen-bond donors (Lipinski definition) is 2. The molecule has 3 rings (SSSR count). The molecule has 0 radical (unpaired) electrons. The van der Waals surface area contributed by atoms with E-state index in [1.54, 1.807) is 18.3 Å². The van der Waals surface area contributed by atoms with Crippen molar-refractivity contribution < 1.29 is 9.90 Å². The number of nitrogens with zero attached hydrogens (tertiary/aromatic N) is 1. The van der Waals surface area contributed by atoms with Gasteiger partial charge in [-0.1, -0.05) is 18.2 Å². The Morgan fingerprint density at radius 1 is 1.29 bits per heavy atom. The largest absolute Gasteiger partial charge is 0.386 e. The van der Waals surface area contributed by atoms with Gasteiger partial charge in [0.05, 0.1) is 5.56 Å². The van der Waals surface area contributed by atoms with Crippen LogP contribution in [-0.2, 0) is 0 Å². The molecule has 1 unspecified atom stereocenters. The third-order valence-corrected chi connectivity index (χ3v) is 4.37. The molecule has 1 atom stereocenters. The van der Waals surface area contributed by atoms with Crippen LogP contribution >= 0.6 is 11.3 Å². The first-order chi connectivity index (χ1) is 10.2. The highest BCUT2D eigenvalue weighted by molar-refractivity contribution is 7.19. The highest BCUT2D eigenvalue weighted by atomic mass is 32.1. The molecule has 3 aromatic rings. The number of nitrogens with one attached hydrogen (secondary N) is 1. The van der Waals surface area contributed by atoms with Gasteiger partial charge < -0.3 is 10.4 Å². The van der Waals surface area contributed by atoms with Gasteiger partial charge in [-0.2, -0.15) is 0 Å². The quantitative estimate of drug-likeness (QED) is 0.778. The molecule has 0 aliphatic heterocycles. The number of rotatable bonds is 4. The summed E-state index contributed by atoms with van der Waals surface area (Å²) in [4.78, 5) is 16.6. The Morgan fingerprint density at radius 2 is 2.14 bits per heavy atom. The summed E-state index contributed by atoms with van der Waals surface area (Å²) >= 11 is 1.54. The summed E-state index contributed by atoms with van der Waals surface area (Å²) in [5.74, 6) is -0.233. The number of hydrogen-bond acceptors (Lipinski definition) is 4. The van der Waals surface area contributed by atoms with E-state index >= 15 is 0 Å². The van der Waals surface area contributed by atoms with Crippen molar-refractivity contribution in [2.45, 2.75) is 6.10 Å². The zero-order valence-electron chi connectivity index (χ0n) is 11.2. The summed E-state index contributed by atoms with van der Waals surface area (Å²) in [6.07, 6.45) is 2.41. The lowest BCUT2D eigenvalue weighted by Gasteiger charge is -2.09. The summed E-state index contributed by atoms with van der Waals surface area (Å²) in [6.45, 7) is 0.181. The van der Waals surface area contributed by atoms with Crippen LogP contribution in [0.1, 0.15) is 21.3 Å². The van der Waals surface area contributed by atoms with Crippen molar-refractivity contribution in [2.75, 3.05) is 6.54 Å². The van der Waals surface area contributed by atoms with Gasteiger partial charge in [-0.05, 0) is 29.7 Å². The molecule has 21 heavy (non-hydrogen) atoms. The number of fused-ring (bicyclic) bond motifs is 1. The second-order valence-electron chi connectivity index (χ2n) is 4.65. The van der Waals surface area contributed by atoms with Crippen molar-refractivity contribution >= 4 is 27.3 Å². The van der Waals surface area contributed by atoms with Gasteiger partial charge in [0, 0.05) is 28.5 Å². The minimum atomic E-state index is -0.706. The predicted molar refractivity (Wildman–Crippen MR) is 83.4 cm³/mol. The van der Waals surface area contributed by atoms with Crippen LogP contribution in [-0.4, -0.2) is 22.5 Å². The Labute approximate surface area is 126 Å². The Morgan fingerprint density at radius 3 is 2.90 bits per heavy atom.